The summed E-state index contributed by atoms with van der Waals surface area (Å²) in [5.41, 5.74) is 0. The lowest BCUT2D eigenvalue weighted by atomic mass is 9.88. The van der Waals surface area contributed by atoms with Gasteiger partial charge in [0.05, 0.1) is 5.92 Å². The van der Waals surface area contributed by atoms with E-state index in [-0.39, 0.29) is 11.8 Å². The summed E-state index contributed by atoms with van der Waals surface area (Å²) in [6.07, 6.45) is 3.85. The summed E-state index contributed by atoms with van der Waals surface area (Å²) >= 11 is 0. The van der Waals surface area contributed by atoms with Crippen molar-refractivity contribution in [2.24, 2.45) is 11.8 Å². The summed E-state index contributed by atoms with van der Waals surface area (Å²) < 4.78 is 0. The largest absolute Gasteiger partial charge is 0.481 e. The summed E-state index contributed by atoms with van der Waals surface area (Å²) in [5, 5.41) is 8.81. The Morgan fingerprint density at radius 2 is 2.06 bits per heavy atom. The van der Waals surface area contributed by atoms with E-state index in [0.29, 0.717) is 12.3 Å². The quantitative estimate of drug-likeness (QED) is 0.738. The zero-order valence-corrected chi connectivity index (χ0v) is 9.69. The predicted octanol–water partition coefficient (Wildman–Crippen LogP) is 1.52. The average molecular weight is 225 g/mol. The smallest absolute Gasteiger partial charge is 0.306 e. The fourth-order valence-corrected chi connectivity index (χ4v) is 2.12. The molecule has 16 heavy (non-hydrogen) atoms. The van der Waals surface area contributed by atoms with E-state index in [2.05, 4.69) is 6.58 Å². The molecule has 1 atom stereocenters. The van der Waals surface area contributed by atoms with Crippen LogP contribution < -0.4 is 0 Å². The molecule has 4 nitrogen and oxygen atoms in total. The average Bonchev–Trinajstić information content (AvgIpc) is 2.28. The van der Waals surface area contributed by atoms with E-state index in [1.54, 1.807) is 11.8 Å². The van der Waals surface area contributed by atoms with Crippen LogP contribution >= 0.6 is 0 Å². The molecular weight excluding hydrogens is 206 g/mol. The van der Waals surface area contributed by atoms with Crippen molar-refractivity contribution >= 4 is 11.9 Å². The molecule has 1 unspecified atom stereocenters. The molecule has 0 aliphatic carbocycles. The van der Waals surface area contributed by atoms with Crippen molar-refractivity contribution in [1.29, 1.82) is 0 Å². The minimum atomic E-state index is -0.732. The lowest BCUT2D eigenvalue weighted by Crippen LogP contribution is -2.38. The summed E-state index contributed by atoms with van der Waals surface area (Å²) in [4.78, 5) is 23.8. The predicted molar refractivity (Wildman–Crippen MR) is 60.9 cm³/mol. The van der Waals surface area contributed by atoms with Crippen LogP contribution in [0, 0.1) is 11.8 Å². The van der Waals surface area contributed by atoms with Gasteiger partial charge in [-0.15, -0.1) is 0 Å². The van der Waals surface area contributed by atoms with Crippen LogP contribution in [0.15, 0.2) is 12.7 Å². The van der Waals surface area contributed by atoms with Crippen molar-refractivity contribution in [3.63, 3.8) is 0 Å². The van der Waals surface area contributed by atoms with Crippen LogP contribution in [-0.2, 0) is 9.59 Å². The van der Waals surface area contributed by atoms with Gasteiger partial charge in [0.2, 0.25) is 5.91 Å². The third kappa shape index (κ3) is 3.36. The Bertz CT molecular complexity index is 280. The number of likely N-dealkylation sites (tertiary alicyclic amines) is 1. The maximum absolute atomic E-state index is 11.3. The highest BCUT2D eigenvalue weighted by atomic mass is 16.4. The molecule has 0 aromatic rings. The number of rotatable bonds is 4. The lowest BCUT2D eigenvalue weighted by Gasteiger charge is -2.32. The Morgan fingerprint density at radius 3 is 2.50 bits per heavy atom. The Labute approximate surface area is 95.9 Å². The number of piperidine rings is 1. The van der Waals surface area contributed by atoms with Crippen molar-refractivity contribution < 1.29 is 14.7 Å². The van der Waals surface area contributed by atoms with Crippen molar-refractivity contribution in [1.82, 2.24) is 4.90 Å². The molecule has 0 saturated carbocycles. The molecular formula is C12H19NO3. The van der Waals surface area contributed by atoms with Gasteiger partial charge >= 0.3 is 5.97 Å². The molecule has 1 N–H and O–H groups in total. The fraction of sp³-hybridized carbons (Fsp3) is 0.667. The number of carboxylic acid groups (broad SMARTS) is 1. The fourth-order valence-electron chi connectivity index (χ4n) is 2.12. The van der Waals surface area contributed by atoms with Gasteiger partial charge in [0.15, 0.2) is 0 Å². The molecule has 1 rings (SSSR count). The second-order valence-corrected chi connectivity index (χ2v) is 4.45. The van der Waals surface area contributed by atoms with E-state index in [9.17, 15) is 9.59 Å². The molecule has 1 heterocycles. The van der Waals surface area contributed by atoms with E-state index in [4.69, 9.17) is 5.11 Å². The molecule has 0 spiro atoms. The topological polar surface area (TPSA) is 57.6 Å². The van der Waals surface area contributed by atoms with E-state index >= 15 is 0 Å². The van der Waals surface area contributed by atoms with Gasteiger partial charge in [0, 0.05) is 13.1 Å². The van der Waals surface area contributed by atoms with Crippen LogP contribution in [0.3, 0.4) is 0 Å². The number of amides is 1. The third-order valence-corrected chi connectivity index (χ3v) is 3.21. The van der Waals surface area contributed by atoms with Crippen LogP contribution in [0.25, 0.3) is 0 Å². The van der Waals surface area contributed by atoms with Crippen molar-refractivity contribution in [2.75, 3.05) is 13.1 Å². The van der Waals surface area contributed by atoms with Crippen molar-refractivity contribution in [3.8, 4) is 0 Å². The number of carboxylic acids is 1. The van der Waals surface area contributed by atoms with Gasteiger partial charge in [-0.25, -0.2) is 0 Å². The third-order valence-electron chi connectivity index (χ3n) is 3.21. The highest BCUT2D eigenvalue weighted by Gasteiger charge is 2.24. The molecule has 1 saturated heterocycles. The molecule has 4 heteroatoms. The molecule has 0 aromatic carbocycles. The Kier molecular flexibility index (Phi) is 4.52. The molecule has 1 aliphatic rings. The van der Waals surface area contributed by atoms with Crippen molar-refractivity contribution in [2.45, 2.75) is 26.2 Å². The second-order valence-electron chi connectivity index (χ2n) is 4.45. The standard InChI is InChI=1S/C12H19NO3/c1-3-11(14)13-6-4-10(5-7-13)8-9(2)12(15)16/h3,9-10H,1,4-8H2,2H3,(H,15,16). The Balaban J connectivity index is 2.35. The molecule has 0 aromatic heterocycles. The second kappa shape index (κ2) is 5.68. The van der Waals surface area contributed by atoms with Crippen LogP contribution in [0.4, 0.5) is 0 Å². The number of aliphatic carboxylic acids is 1. The van der Waals surface area contributed by atoms with Crippen LogP contribution in [0.1, 0.15) is 26.2 Å². The summed E-state index contributed by atoms with van der Waals surface area (Å²) in [5.74, 6) is -0.610. The molecule has 0 radical (unpaired) electrons. The van der Waals surface area contributed by atoms with E-state index in [1.807, 2.05) is 0 Å². The van der Waals surface area contributed by atoms with E-state index in [0.717, 1.165) is 25.9 Å². The number of hydrogen-bond acceptors (Lipinski definition) is 2. The highest BCUT2D eigenvalue weighted by molar-refractivity contribution is 5.87. The van der Waals surface area contributed by atoms with Gasteiger partial charge in [0.25, 0.3) is 0 Å². The maximum atomic E-state index is 11.3. The normalized spacial score (nSPS) is 19.2. The molecule has 0 bridgehead atoms. The van der Waals surface area contributed by atoms with Gasteiger partial charge in [-0.05, 0) is 31.3 Å². The molecule has 1 aliphatic heterocycles. The van der Waals surface area contributed by atoms with Crippen molar-refractivity contribution in [3.05, 3.63) is 12.7 Å². The maximum Gasteiger partial charge on any atom is 0.306 e. The Morgan fingerprint density at radius 1 is 1.50 bits per heavy atom. The van der Waals surface area contributed by atoms with Crippen LogP contribution in [0.5, 0.6) is 0 Å². The molecule has 1 fully saturated rings. The first-order valence-corrected chi connectivity index (χ1v) is 5.68. The first-order chi connectivity index (χ1) is 7.54. The van der Waals surface area contributed by atoms with E-state index in [1.165, 1.54) is 6.08 Å². The lowest BCUT2D eigenvalue weighted by molar-refractivity contribution is -0.142. The highest BCUT2D eigenvalue weighted by Crippen LogP contribution is 2.24. The van der Waals surface area contributed by atoms with Crippen LogP contribution in [-0.4, -0.2) is 35.0 Å². The minimum absolute atomic E-state index is 0.0234. The van der Waals surface area contributed by atoms with E-state index < -0.39 is 5.97 Å². The first-order valence-electron chi connectivity index (χ1n) is 5.68. The van der Waals surface area contributed by atoms with Gasteiger partial charge in [0.1, 0.15) is 0 Å². The minimum Gasteiger partial charge on any atom is -0.481 e. The summed E-state index contributed by atoms with van der Waals surface area (Å²) in [7, 11) is 0. The molecule has 90 valence electrons. The number of carbonyl (C=O) groups is 2. The van der Waals surface area contributed by atoms with Gasteiger partial charge < -0.3 is 10.0 Å². The zero-order chi connectivity index (χ0) is 12.1. The van der Waals surface area contributed by atoms with Crippen LogP contribution in [0.2, 0.25) is 0 Å². The Hall–Kier alpha value is -1.32. The summed E-state index contributed by atoms with van der Waals surface area (Å²) in [6, 6.07) is 0. The molecule has 1 amide bonds. The number of carbonyl (C=O) groups excluding carboxylic acids is 1. The number of hydrogen-bond donors (Lipinski definition) is 1. The summed E-state index contributed by atoms with van der Waals surface area (Å²) in [6.45, 7) is 6.65. The first kappa shape index (κ1) is 12.7. The van der Waals surface area contributed by atoms with Gasteiger partial charge in [-0.2, -0.15) is 0 Å². The van der Waals surface area contributed by atoms with Gasteiger partial charge in [-0.3, -0.25) is 9.59 Å². The monoisotopic (exact) mass is 225 g/mol. The van der Waals surface area contributed by atoms with Gasteiger partial charge in [-0.1, -0.05) is 13.5 Å². The number of nitrogens with zero attached hydrogens (tertiary/aromatic N) is 1. The SMILES string of the molecule is C=CC(=O)N1CCC(CC(C)C(=O)O)CC1. The zero-order valence-electron chi connectivity index (χ0n) is 9.69.